The van der Waals surface area contributed by atoms with Crippen LogP contribution in [0.5, 0.6) is 11.5 Å². The highest BCUT2D eigenvalue weighted by atomic mass is 16.6. The Bertz CT molecular complexity index is 1230. The average Bonchev–Trinajstić information content (AvgIpc) is 3.22. The highest BCUT2D eigenvalue weighted by Gasteiger charge is 2.43. The van der Waals surface area contributed by atoms with Crippen LogP contribution in [0.4, 0.5) is 16.2 Å². The zero-order valence-electron chi connectivity index (χ0n) is 24.8. The number of nitro benzene ring substituents is 1. The number of benzene rings is 2. The van der Waals surface area contributed by atoms with Gasteiger partial charge in [0.25, 0.3) is 5.69 Å². The first-order valence-electron chi connectivity index (χ1n) is 13.4. The van der Waals surface area contributed by atoms with Crippen molar-refractivity contribution in [3.8, 4) is 11.5 Å². The highest BCUT2D eigenvalue weighted by molar-refractivity contribution is 5.97. The molecule has 2 atom stereocenters. The Kier molecular flexibility index (Phi) is 8.43. The molecule has 1 heterocycles. The molecule has 10 nitrogen and oxygen atoms in total. The second-order valence-corrected chi connectivity index (χ2v) is 13.3. The second kappa shape index (κ2) is 11.0. The fourth-order valence-electron chi connectivity index (χ4n) is 4.57. The van der Waals surface area contributed by atoms with Crippen LogP contribution in [-0.2, 0) is 20.4 Å². The number of phenols is 1. The topological polar surface area (TPSA) is 131 Å². The summed E-state index contributed by atoms with van der Waals surface area (Å²) in [6, 6.07) is 8.29. The number of amides is 2. The lowest BCUT2D eigenvalue weighted by Crippen LogP contribution is -2.45. The second-order valence-electron chi connectivity index (χ2n) is 13.3. The molecule has 0 aromatic heterocycles. The molecule has 0 radical (unpaired) electrons. The van der Waals surface area contributed by atoms with E-state index in [0.717, 1.165) is 0 Å². The predicted molar refractivity (Wildman–Crippen MR) is 153 cm³/mol. The molecule has 1 fully saturated rings. The molecule has 1 saturated heterocycles. The first kappa shape index (κ1) is 30.7. The van der Waals surface area contributed by atoms with Crippen molar-refractivity contribution < 1.29 is 29.1 Å². The zero-order valence-corrected chi connectivity index (χ0v) is 24.8. The number of ether oxygens (including phenoxy) is 2. The number of carbonyl (C=O) groups is 2. The number of rotatable bonds is 5. The first-order chi connectivity index (χ1) is 18.3. The van der Waals surface area contributed by atoms with Crippen LogP contribution in [-0.4, -0.2) is 51.2 Å². The maximum absolute atomic E-state index is 13.7. The first-order valence-corrected chi connectivity index (χ1v) is 13.4. The number of carbonyl (C=O) groups excluding carboxylic acids is 2. The van der Waals surface area contributed by atoms with Gasteiger partial charge in [0.2, 0.25) is 5.91 Å². The van der Waals surface area contributed by atoms with Crippen LogP contribution in [0.1, 0.15) is 79.9 Å². The van der Waals surface area contributed by atoms with Gasteiger partial charge in [-0.05, 0) is 55.9 Å². The van der Waals surface area contributed by atoms with E-state index < -0.39 is 34.7 Å². The van der Waals surface area contributed by atoms with Gasteiger partial charge in [0.05, 0.1) is 11.5 Å². The maximum Gasteiger partial charge on any atom is 0.411 e. The van der Waals surface area contributed by atoms with Gasteiger partial charge in [0, 0.05) is 35.4 Å². The lowest BCUT2D eigenvalue weighted by atomic mass is 9.79. The fraction of sp³-hybridized carbons (Fsp3) is 0.533. The highest BCUT2D eigenvalue weighted by Crippen LogP contribution is 2.41. The number of hydrogen-bond donors (Lipinski definition) is 2. The van der Waals surface area contributed by atoms with Gasteiger partial charge in [-0.2, -0.15) is 0 Å². The number of phenolic OH excluding ortho intramolecular Hbond substituents is 1. The minimum absolute atomic E-state index is 0.0652. The minimum atomic E-state index is -0.886. The van der Waals surface area contributed by atoms with Crippen molar-refractivity contribution in [2.45, 2.75) is 97.3 Å². The van der Waals surface area contributed by atoms with Gasteiger partial charge in [0.15, 0.2) is 0 Å². The van der Waals surface area contributed by atoms with E-state index in [4.69, 9.17) is 9.47 Å². The SMILES string of the molecule is CC(C)(C)OC(=O)N1CC(Oc2ccc([N+](=O)[O-])cc2)CC1C(=O)Nc1cc(C(C)(C)C)c(O)c(C(C)(C)C)c1. The van der Waals surface area contributed by atoms with Gasteiger partial charge in [-0.25, -0.2) is 4.79 Å². The summed E-state index contributed by atoms with van der Waals surface area (Å²) in [7, 11) is 0. The van der Waals surface area contributed by atoms with E-state index in [1.165, 1.54) is 29.2 Å². The van der Waals surface area contributed by atoms with E-state index in [1.54, 1.807) is 32.9 Å². The van der Waals surface area contributed by atoms with Crippen molar-refractivity contribution in [1.82, 2.24) is 4.90 Å². The molecule has 2 amide bonds. The Balaban J connectivity index is 1.91. The molecule has 2 aromatic carbocycles. The van der Waals surface area contributed by atoms with Gasteiger partial charge in [-0.15, -0.1) is 0 Å². The Morgan fingerprint density at radius 2 is 1.50 bits per heavy atom. The van der Waals surface area contributed by atoms with Crippen molar-refractivity contribution in [2.24, 2.45) is 0 Å². The van der Waals surface area contributed by atoms with Crippen LogP contribution >= 0.6 is 0 Å². The maximum atomic E-state index is 13.7. The van der Waals surface area contributed by atoms with Crippen LogP contribution in [0.3, 0.4) is 0 Å². The standard InChI is InChI=1S/C30H41N3O7/c1-28(2,3)22-14-18(15-23(25(22)34)29(4,5)6)31-26(35)24-16-21(17-32(24)27(36)40-30(7,8)9)39-20-12-10-19(11-13-20)33(37)38/h10-15,21,24,34H,16-17H2,1-9H3,(H,31,35). The number of hydrogen-bond acceptors (Lipinski definition) is 7. The summed E-state index contributed by atoms with van der Waals surface area (Å²) in [6.45, 7) is 17.3. The third kappa shape index (κ3) is 7.43. The molecule has 40 heavy (non-hydrogen) atoms. The van der Waals surface area contributed by atoms with Crippen LogP contribution in [0.2, 0.25) is 0 Å². The molecule has 1 aliphatic heterocycles. The molecule has 0 saturated carbocycles. The summed E-state index contributed by atoms with van der Waals surface area (Å²) in [5.41, 5.74) is 0.311. The summed E-state index contributed by atoms with van der Waals surface area (Å²) in [5.74, 6) is 0.181. The fourth-order valence-corrected chi connectivity index (χ4v) is 4.57. The van der Waals surface area contributed by atoms with Crippen LogP contribution < -0.4 is 10.1 Å². The van der Waals surface area contributed by atoms with Crippen LogP contribution in [0, 0.1) is 10.1 Å². The van der Waals surface area contributed by atoms with Crippen molar-refractivity contribution in [1.29, 1.82) is 0 Å². The minimum Gasteiger partial charge on any atom is -0.507 e. The number of likely N-dealkylation sites (tertiary alicyclic amines) is 1. The summed E-state index contributed by atoms with van der Waals surface area (Å²) in [6.07, 6.45) is -0.989. The van der Waals surface area contributed by atoms with Crippen molar-refractivity contribution in [3.63, 3.8) is 0 Å². The van der Waals surface area contributed by atoms with E-state index in [0.29, 0.717) is 22.6 Å². The summed E-state index contributed by atoms with van der Waals surface area (Å²) >= 11 is 0. The number of nitrogens with zero attached hydrogens (tertiary/aromatic N) is 2. The Morgan fingerprint density at radius 1 is 0.975 bits per heavy atom. The monoisotopic (exact) mass is 555 g/mol. The summed E-state index contributed by atoms with van der Waals surface area (Å²) in [4.78, 5) is 38.6. The van der Waals surface area contributed by atoms with E-state index in [2.05, 4.69) is 5.32 Å². The predicted octanol–water partition coefficient (Wildman–Crippen LogP) is 6.29. The van der Waals surface area contributed by atoms with E-state index in [1.807, 2.05) is 41.5 Å². The van der Waals surface area contributed by atoms with Crippen molar-refractivity contribution in [3.05, 3.63) is 57.6 Å². The smallest absolute Gasteiger partial charge is 0.411 e. The Hall–Kier alpha value is -3.82. The molecule has 2 unspecified atom stereocenters. The molecular weight excluding hydrogens is 514 g/mol. The molecule has 0 spiro atoms. The lowest BCUT2D eigenvalue weighted by Gasteiger charge is -2.29. The largest absolute Gasteiger partial charge is 0.507 e. The molecule has 2 aromatic rings. The number of nitro groups is 1. The van der Waals surface area contributed by atoms with Gasteiger partial charge < -0.3 is 19.9 Å². The van der Waals surface area contributed by atoms with Crippen LogP contribution in [0.25, 0.3) is 0 Å². The number of nitrogens with one attached hydrogen (secondary N) is 1. The molecule has 1 aliphatic rings. The lowest BCUT2D eigenvalue weighted by molar-refractivity contribution is -0.384. The van der Waals surface area contributed by atoms with Gasteiger partial charge in [0.1, 0.15) is 29.2 Å². The summed E-state index contributed by atoms with van der Waals surface area (Å²) in [5, 5.41) is 25.0. The van der Waals surface area contributed by atoms with Gasteiger partial charge in [-0.1, -0.05) is 41.5 Å². The number of aromatic hydroxyl groups is 1. The molecule has 10 heteroatoms. The van der Waals surface area contributed by atoms with E-state index >= 15 is 0 Å². The third-order valence-electron chi connectivity index (χ3n) is 6.54. The zero-order chi connectivity index (χ0) is 30.2. The third-order valence-corrected chi connectivity index (χ3v) is 6.54. The quantitative estimate of drug-likeness (QED) is 0.252. The van der Waals surface area contributed by atoms with E-state index in [-0.39, 0.29) is 35.2 Å². The molecule has 218 valence electrons. The normalized spacial score (nSPS) is 17.9. The molecule has 2 N–H and O–H groups in total. The Morgan fingerprint density at radius 3 is 1.95 bits per heavy atom. The molecule has 0 bridgehead atoms. The van der Waals surface area contributed by atoms with Crippen molar-refractivity contribution >= 4 is 23.4 Å². The molecular formula is C30H41N3O7. The summed E-state index contributed by atoms with van der Waals surface area (Å²) < 4.78 is 11.6. The van der Waals surface area contributed by atoms with Gasteiger partial charge in [-0.3, -0.25) is 19.8 Å². The van der Waals surface area contributed by atoms with E-state index in [9.17, 15) is 24.8 Å². The van der Waals surface area contributed by atoms with Crippen LogP contribution in [0.15, 0.2) is 36.4 Å². The van der Waals surface area contributed by atoms with Crippen molar-refractivity contribution in [2.75, 3.05) is 11.9 Å². The number of non-ortho nitro benzene ring substituents is 1. The number of anilines is 1. The Labute approximate surface area is 235 Å². The molecule has 3 rings (SSSR count). The average molecular weight is 556 g/mol. The van der Waals surface area contributed by atoms with Gasteiger partial charge >= 0.3 is 6.09 Å². The molecule has 0 aliphatic carbocycles.